The monoisotopic (exact) mass is 208 g/mol. The molecule has 1 saturated heterocycles. The number of halogens is 1. The summed E-state index contributed by atoms with van der Waals surface area (Å²) in [7, 11) is 0. The molecule has 1 amide bonds. The van der Waals surface area contributed by atoms with E-state index < -0.39 is 5.82 Å². The molecule has 0 aromatic heterocycles. The van der Waals surface area contributed by atoms with Crippen LogP contribution < -0.4 is 5.32 Å². The van der Waals surface area contributed by atoms with Gasteiger partial charge in [-0.15, -0.1) is 0 Å². The van der Waals surface area contributed by atoms with Crippen LogP contribution in [0.15, 0.2) is 24.3 Å². The third-order valence-corrected chi connectivity index (χ3v) is 2.51. The van der Waals surface area contributed by atoms with Gasteiger partial charge in [0.15, 0.2) is 0 Å². The lowest BCUT2D eigenvalue weighted by atomic mass is 10.1. The molecule has 1 aromatic carbocycles. The average molecular weight is 208 g/mol. The zero-order valence-electron chi connectivity index (χ0n) is 8.37. The van der Waals surface area contributed by atoms with Crippen LogP contribution in [0.4, 0.5) is 4.39 Å². The third-order valence-electron chi connectivity index (χ3n) is 2.51. The predicted octanol–water partition coefficient (Wildman–Crippen LogP) is 0.871. The summed E-state index contributed by atoms with van der Waals surface area (Å²) in [6.45, 7) is 2.85. The minimum Gasteiger partial charge on any atom is -0.336 e. The number of nitrogens with one attached hydrogen (secondary N) is 1. The first-order valence-electron chi connectivity index (χ1n) is 5.03. The van der Waals surface area contributed by atoms with Crippen molar-refractivity contribution in [1.82, 2.24) is 10.2 Å². The molecule has 1 N–H and O–H groups in total. The predicted molar refractivity (Wildman–Crippen MR) is 55.2 cm³/mol. The SMILES string of the molecule is O=C(c1ccccc1F)N1CCNCC1. The van der Waals surface area contributed by atoms with E-state index in [1.54, 1.807) is 17.0 Å². The van der Waals surface area contributed by atoms with Crippen molar-refractivity contribution in [2.45, 2.75) is 0 Å². The molecule has 1 aliphatic rings. The van der Waals surface area contributed by atoms with Crippen molar-refractivity contribution in [3.63, 3.8) is 0 Å². The average Bonchev–Trinajstić information content (AvgIpc) is 2.30. The van der Waals surface area contributed by atoms with Crippen LogP contribution in [-0.2, 0) is 0 Å². The van der Waals surface area contributed by atoms with Crippen molar-refractivity contribution in [3.05, 3.63) is 35.6 Å². The number of carbonyl (C=O) groups is 1. The molecule has 0 bridgehead atoms. The molecule has 80 valence electrons. The number of hydrogen-bond donors (Lipinski definition) is 1. The van der Waals surface area contributed by atoms with Crippen LogP contribution in [-0.4, -0.2) is 37.0 Å². The highest BCUT2D eigenvalue weighted by Crippen LogP contribution is 2.10. The van der Waals surface area contributed by atoms with Crippen molar-refractivity contribution in [2.24, 2.45) is 0 Å². The molecular formula is C11H13FN2O. The Hall–Kier alpha value is -1.42. The van der Waals surface area contributed by atoms with Gasteiger partial charge in [-0.1, -0.05) is 12.1 Å². The Balaban J connectivity index is 2.16. The van der Waals surface area contributed by atoms with Gasteiger partial charge >= 0.3 is 0 Å². The van der Waals surface area contributed by atoms with Gasteiger partial charge in [0.1, 0.15) is 5.82 Å². The summed E-state index contributed by atoms with van der Waals surface area (Å²) >= 11 is 0. The summed E-state index contributed by atoms with van der Waals surface area (Å²) in [6.07, 6.45) is 0. The maximum atomic E-state index is 13.3. The Labute approximate surface area is 87.9 Å². The summed E-state index contributed by atoms with van der Waals surface area (Å²) in [6, 6.07) is 6.11. The van der Waals surface area contributed by atoms with Gasteiger partial charge in [0.05, 0.1) is 5.56 Å². The van der Waals surface area contributed by atoms with Crippen molar-refractivity contribution < 1.29 is 9.18 Å². The van der Waals surface area contributed by atoms with E-state index in [9.17, 15) is 9.18 Å². The van der Waals surface area contributed by atoms with E-state index in [-0.39, 0.29) is 11.5 Å². The van der Waals surface area contributed by atoms with Gasteiger partial charge in [-0.2, -0.15) is 0 Å². The fourth-order valence-corrected chi connectivity index (χ4v) is 1.67. The van der Waals surface area contributed by atoms with E-state index >= 15 is 0 Å². The van der Waals surface area contributed by atoms with Gasteiger partial charge in [-0.25, -0.2) is 4.39 Å². The first-order valence-corrected chi connectivity index (χ1v) is 5.03. The molecule has 15 heavy (non-hydrogen) atoms. The molecule has 1 aromatic rings. The van der Waals surface area contributed by atoms with Crippen molar-refractivity contribution in [1.29, 1.82) is 0 Å². The number of nitrogens with zero attached hydrogens (tertiary/aromatic N) is 1. The molecule has 1 aliphatic heterocycles. The Morgan fingerprint density at radius 2 is 1.93 bits per heavy atom. The Morgan fingerprint density at radius 1 is 1.27 bits per heavy atom. The molecule has 0 spiro atoms. The van der Waals surface area contributed by atoms with Crippen LogP contribution in [0.3, 0.4) is 0 Å². The molecule has 3 nitrogen and oxygen atoms in total. The van der Waals surface area contributed by atoms with Gasteiger partial charge in [0, 0.05) is 26.2 Å². The number of rotatable bonds is 1. The smallest absolute Gasteiger partial charge is 0.256 e. The molecule has 0 atom stereocenters. The lowest BCUT2D eigenvalue weighted by Crippen LogP contribution is -2.46. The van der Waals surface area contributed by atoms with Crippen LogP contribution >= 0.6 is 0 Å². The first-order chi connectivity index (χ1) is 7.29. The fourth-order valence-electron chi connectivity index (χ4n) is 1.67. The lowest BCUT2D eigenvalue weighted by molar-refractivity contribution is 0.0731. The molecule has 0 radical (unpaired) electrons. The summed E-state index contributed by atoms with van der Waals surface area (Å²) < 4.78 is 13.3. The number of amides is 1. The molecule has 2 rings (SSSR count). The molecule has 0 unspecified atom stereocenters. The zero-order chi connectivity index (χ0) is 10.7. The van der Waals surface area contributed by atoms with Crippen LogP contribution in [0.2, 0.25) is 0 Å². The Kier molecular flexibility index (Phi) is 2.97. The van der Waals surface area contributed by atoms with Crippen LogP contribution in [0.1, 0.15) is 10.4 Å². The maximum Gasteiger partial charge on any atom is 0.256 e. The van der Waals surface area contributed by atoms with Gasteiger partial charge < -0.3 is 10.2 Å². The van der Waals surface area contributed by atoms with E-state index in [2.05, 4.69) is 5.32 Å². The summed E-state index contributed by atoms with van der Waals surface area (Å²) in [5, 5.41) is 3.15. The molecule has 4 heteroatoms. The number of benzene rings is 1. The summed E-state index contributed by atoms with van der Waals surface area (Å²) in [4.78, 5) is 13.6. The summed E-state index contributed by atoms with van der Waals surface area (Å²) in [5.41, 5.74) is 0.166. The maximum absolute atomic E-state index is 13.3. The second-order valence-electron chi connectivity index (χ2n) is 3.52. The van der Waals surface area contributed by atoms with Crippen molar-refractivity contribution in [2.75, 3.05) is 26.2 Å². The van der Waals surface area contributed by atoms with Crippen molar-refractivity contribution >= 4 is 5.91 Å². The zero-order valence-corrected chi connectivity index (χ0v) is 8.37. The second-order valence-corrected chi connectivity index (χ2v) is 3.52. The standard InChI is InChI=1S/C11H13FN2O/c12-10-4-2-1-3-9(10)11(15)14-7-5-13-6-8-14/h1-4,13H,5-8H2. The number of hydrogen-bond acceptors (Lipinski definition) is 2. The van der Waals surface area contributed by atoms with E-state index in [4.69, 9.17) is 0 Å². The highest BCUT2D eigenvalue weighted by atomic mass is 19.1. The third kappa shape index (κ3) is 2.15. The topological polar surface area (TPSA) is 32.3 Å². The van der Waals surface area contributed by atoms with Crippen LogP contribution in [0.25, 0.3) is 0 Å². The molecular weight excluding hydrogens is 195 g/mol. The normalized spacial score (nSPS) is 16.5. The number of carbonyl (C=O) groups excluding carboxylic acids is 1. The lowest BCUT2D eigenvalue weighted by Gasteiger charge is -2.27. The van der Waals surface area contributed by atoms with E-state index in [1.165, 1.54) is 12.1 Å². The van der Waals surface area contributed by atoms with E-state index in [0.29, 0.717) is 13.1 Å². The highest BCUT2D eigenvalue weighted by Gasteiger charge is 2.19. The van der Waals surface area contributed by atoms with Gasteiger partial charge in [-0.3, -0.25) is 4.79 Å². The first kappa shape index (κ1) is 10.1. The van der Waals surface area contributed by atoms with Crippen LogP contribution in [0, 0.1) is 5.82 Å². The Bertz CT molecular complexity index is 361. The van der Waals surface area contributed by atoms with Crippen molar-refractivity contribution in [3.8, 4) is 0 Å². The number of piperazine rings is 1. The largest absolute Gasteiger partial charge is 0.336 e. The summed E-state index contributed by atoms with van der Waals surface area (Å²) in [5.74, 6) is -0.657. The van der Waals surface area contributed by atoms with Crippen LogP contribution in [0.5, 0.6) is 0 Å². The molecule has 1 heterocycles. The van der Waals surface area contributed by atoms with Gasteiger partial charge in [0.2, 0.25) is 0 Å². The molecule has 0 saturated carbocycles. The van der Waals surface area contributed by atoms with Gasteiger partial charge in [-0.05, 0) is 12.1 Å². The minimum absolute atomic E-state index is 0.166. The second kappa shape index (κ2) is 4.40. The minimum atomic E-state index is -0.443. The van der Waals surface area contributed by atoms with E-state index in [1.807, 2.05) is 0 Å². The quantitative estimate of drug-likeness (QED) is 0.742. The van der Waals surface area contributed by atoms with Gasteiger partial charge in [0.25, 0.3) is 5.91 Å². The Morgan fingerprint density at radius 3 is 2.60 bits per heavy atom. The fraction of sp³-hybridized carbons (Fsp3) is 0.364. The molecule has 0 aliphatic carbocycles. The molecule has 1 fully saturated rings. The van der Waals surface area contributed by atoms with E-state index in [0.717, 1.165) is 13.1 Å². The highest BCUT2D eigenvalue weighted by molar-refractivity contribution is 5.94.